The Hall–Kier alpha value is -1.52. The minimum Gasteiger partial charge on any atom is -0.544 e. The van der Waals surface area contributed by atoms with Crippen molar-refractivity contribution in [3.8, 4) is 5.75 Å². The van der Waals surface area contributed by atoms with Crippen molar-refractivity contribution in [2.75, 3.05) is 18.0 Å². The van der Waals surface area contributed by atoms with Gasteiger partial charge in [-0.05, 0) is 48.0 Å². The number of hydrogen-bond acceptors (Lipinski definition) is 3. The topological polar surface area (TPSA) is 38.5 Å². The number of nitrogens with zero attached hydrogens (tertiary/aromatic N) is 1. The van der Waals surface area contributed by atoms with Crippen molar-refractivity contribution in [3.63, 3.8) is 0 Å². The van der Waals surface area contributed by atoms with E-state index >= 15 is 0 Å². The molecule has 1 aliphatic heterocycles. The van der Waals surface area contributed by atoms with E-state index in [1.807, 2.05) is 0 Å². The first-order valence-electron chi connectivity index (χ1n) is 7.86. The molecule has 1 aromatic carbocycles. The Morgan fingerprint density at radius 1 is 1.18 bits per heavy atom. The molecule has 0 spiro atoms. The molecule has 120 valence electrons. The molecule has 0 bridgehead atoms. The molecule has 0 fully saturated rings. The number of nitrogens with two attached hydrogens (primary N) is 1. The van der Waals surface area contributed by atoms with Crippen LogP contribution in [0.3, 0.4) is 0 Å². The molecule has 1 aliphatic rings. The monoisotopic (exact) mass is 316 g/mol. The Morgan fingerprint density at radius 3 is 2.36 bits per heavy atom. The molecule has 2 N–H and O–H groups in total. The second-order valence-electron chi connectivity index (χ2n) is 7.32. The second-order valence-corrected chi connectivity index (χ2v) is 12.0. The summed E-state index contributed by atoms with van der Waals surface area (Å²) in [5.41, 5.74) is 8.03. The van der Waals surface area contributed by atoms with Crippen molar-refractivity contribution in [1.29, 1.82) is 0 Å². The van der Waals surface area contributed by atoms with Gasteiger partial charge in [0, 0.05) is 25.0 Å². The highest BCUT2D eigenvalue weighted by atomic mass is 28.4. The predicted octanol–water partition coefficient (Wildman–Crippen LogP) is 4.29. The highest BCUT2D eigenvalue weighted by Crippen LogP contribution is 2.37. The smallest absolute Gasteiger partial charge is 0.250 e. The van der Waals surface area contributed by atoms with Crippen LogP contribution < -0.4 is 15.1 Å². The number of rotatable bonds is 4. The van der Waals surface area contributed by atoms with Gasteiger partial charge in [-0.3, -0.25) is 0 Å². The van der Waals surface area contributed by atoms with E-state index < -0.39 is 8.32 Å². The molecular weight excluding hydrogens is 288 g/mol. The zero-order valence-electron chi connectivity index (χ0n) is 14.4. The van der Waals surface area contributed by atoms with Crippen LogP contribution in [0.5, 0.6) is 5.75 Å². The van der Waals surface area contributed by atoms with Gasteiger partial charge in [-0.15, -0.1) is 0 Å². The number of hydrogen-bond donors (Lipinski definition) is 1. The fourth-order valence-corrected chi connectivity index (χ4v) is 3.10. The third-order valence-electron chi connectivity index (χ3n) is 4.54. The highest BCUT2D eigenvalue weighted by molar-refractivity contribution is 6.74. The predicted molar refractivity (Wildman–Crippen MR) is 97.9 cm³/mol. The van der Waals surface area contributed by atoms with Crippen molar-refractivity contribution in [1.82, 2.24) is 0 Å². The largest absolute Gasteiger partial charge is 0.544 e. The summed E-state index contributed by atoms with van der Waals surface area (Å²) in [5, 5.41) is 0.210. The van der Waals surface area contributed by atoms with Gasteiger partial charge >= 0.3 is 0 Å². The van der Waals surface area contributed by atoms with Crippen LogP contribution in [-0.2, 0) is 0 Å². The zero-order valence-corrected chi connectivity index (χ0v) is 15.4. The van der Waals surface area contributed by atoms with E-state index in [0.717, 1.165) is 23.6 Å². The number of anilines is 1. The van der Waals surface area contributed by atoms with Crippen molar-refractivity contribution < 1.29 is 4.43 Å². The molecule has 0 aromatic heterocycles. The maximum absolute atomic E-state index is 6.32. The summed E-state index contributed by atoms with van der Waals surface area (Å²) >= 11 is 0. The van der Waals surface area contributed by atoms with Gasteiger partial charge in [0.15, 0.2) is 0 Å². The van der Waals surface area contributed by atoms with Crippen LogP contribution in [-0.4, -0.2) is 21.4 Å². The molecule has 0 radical (unpaired) electrons. The fourth-order valence-electron chi connectivity index (χ4n) is 2.07. The SMILES string of the molecule is CC(C)(C)[Si](C)(C)Oc1ccc(N2C=C(CN)C=CC2)cc1. The standard InChI is InChI=1S/C18H28N2OSi/c1-18(2,3)22(4,5)21-17-10-8-16(9-11-17)20-12-6-7-15(13-19)14-20/h6-11,14H,12-13,19H2,1-5H3. The van der Waals surface area contributed by atoms with Crippen LogP contribution >= 0.6 is 0 Å². The Bertz CT molecular complexity index is 568. The average Bonchev–Trinajstić information content (AvgIpc) is 2.46. The van der Waals surface area contributed by atoms with Crippen molar-refractivity contribution >= 4 is 14.0 Å². The van der Waals surface area contributed by atoms with E-state index in [0.29, 0.717) is 6.54 Å². The van der Waals surface area contributed by atoms with Gasteiger partial charge in [-0.2, -0.15) is 0 Å². The Balaban J connectivity index is 2.11. The van der Waals surface area contributed by atoms with E-state index in [9.17, 15) is 0 Å². The summed E-state index contributed by atoms with van der Waals surface area (Å²) in [6, 6.07) is 8.38. The maximum atomic E-state index is 6.32. The molecule has 0 saturated carbocycles. The minimum absolute atomic E-state index is 0.210. The van der Waals surface area contributed by atoms with E-state index in [-0.39, 0.29) is 5.04 Å². The third kappa shape index (κ3) is 3.81. The molecule has 0 unspecified atom stereocenters. The van der Waals surface area contributed by atoms with E-state index in [4.69, 9.17) is 10.2 Å². The first kappa shape index (κ1) is 16.8. The van der Waals surface area contributed by atoms with E-state index in [2.05, 4.69) is 81.4 Å². The Kier molecular flexibility index (Phi) is 4.83. The first-order chi connectivity index (χ1) is 10.2. The number of benzene rings is 1. The Labute approximate surface area is 135 Å². The first-order valence-corrected chi connectivity index (χ1v) is 10.8. The molecule has 0 atom stereocenters. The zero-order chi connectivity index (χ0) is 16.4. The summed E-state index contributed by atoms with van der Waals surface area (Å²) in [4.78, 5) is 2.21. The van der Waals surface area contributed by atoms with Gasteiger partial charge in [0.25, 0.3) is 0 Å². The fraction of sp³-hybridized carbons (Fsp3) is 0.444. The summed E-state index contributed by atoms with van der Waals surface area (Å²) in [6.45, 7) is 12.8. The quantitative estimate of drug-likeness (QED) is 0.842. The van der Waals surface area contributed by atoms with Gasteiger partial charge < -0.3 is 15.1 Å². The average molecular weight is 317 g/mol. The minimum atomic E-state index is -1.77. The van der Waals surface area contributed by atoms with Gasteiger partial charge in [0.05, 0.1) is 0 Å². The van der Waals surface area contributed by atoms with Crippen LogP contribution in [0.25, 0.3) is 0 Å². The van der Waals surface area contributed by atoms with Crippen molar-refractivity contribution in [3.05, 3.63) is 48.2 Å². The summed E-state index contributed by atoms with van der Waals surface area (Å²) in [5.74, 6) is 0.964. The summed E-state index contributed by atoms with van der Waals surface area (Å²) in [6.07, 6.45) is 6.34. The van der Waals surface area contributed by atoms with Crippen LogP contribution in [0.1, 0.15) is 20.8 Å². The lowest BCUT2D eigenvalue weighted by Crippen LogP contribution is -2.43. The molecule has 1 aromatic rings. The van der Waals surface area contributed by atoms with E-state index in [1.54, 1.807) is 0 Å². The lowest BCUT2D eigenvalue weighted by Gasteiger charge is -2.36. The molecule has 3 nitrogen and oxygen atoms in total. The lowest BCUT2D eigenvalue weighted by molar-refractivity contribution is 0.492. The molecular formula is C18H28N2OSi. The lowest BCUT2D eigenvalue weighted by atomic mass is 10.2. The van der Waals surface area contributed by atoms with Crippen LogP contribution in [0.15, 0.2) is 48.2 Å². The van der Waals surface area contributed by atoms with Crippen LogP contribution in [0.2, 0.25) is 18.1 Å². The summed E-state index contributed by atoms with van der Waals surface area (Å²) < 4.78 is 6.32. The van der Waals surface area contributed by atoms with Gasteiger partial charge in [0.2, 0.25) is 8.32 Å². The third-order valence-corrected chi connectivity index (χ3v) is 8.90. The summed E-state index contributed by atoms with van der Waals surface area (Å²) in [7, 11) is -1.77. The molecule has 1 heterocycles. The second kappa shape index (κ2) is 6.30. The molecule has 22 heavy (non-hydrogen) atoms. The van der Waals surface area contributed by atoms with Crippen molar-refractivity contribution in [2.24, 2.45) is 5.73 Å². The van der Waals surface area contributed by atoms with Crippen molar-refractivity contribution in [2.45, 2.75) is 38.9 Å². The van der Waals surface area contributed by atoms with Crippen LogP contribution in [0.4, 0.5) is 5.69 Å². The maximum Gasteiger partial charge on any atom is 0.250 e. The molecule has 0 saturated heterocycles. The van der Waals surface area contributed by atoms with Gasteiger partial charge in [-0.25, -0.2) is 0 Å². The molecule has 0 aliphatic carbocycles. The molecule has 4 heteroatoms. The molecule has 2 rings (SSSR count). The molecule has 0 amide bonds. The van der Waals surface area contributed by atoms with Crippen LogP contribution in [0, 0.1) is 0 Å². The highest BCUT2D eigenvalue weighted by Gasteiger charge is 2.38. The Morgan fingerprint density at radius 2 is 1.82 bits per heavy atom. The van der Waals surface area contributed by atoms with Gasteiger partial charge in [-0.1, -0.05) is 32.9 Å². The normalized spacial score (nSPS) is 15.7. The van der Waals surface area contributed by atoms with E-state index in [1.165, 1.54) is 0 Å². The van der Waals surface area contributed by atoms with Gasteiger partial charge in [0.1, 0.15) is 5.75 Å².